The zero-order chi connectivity index (χ0) is 26.1. The fraction of sp³-hybridized carbons (Fsp3) is 0.647. The Morgan fingerprint density at radius 2 is 1.03 bits per heavy atom. The second kappa shape index (κ2) is 3.13. The van der Waals surface area contributed by atoms with Gasteiger partial charge in [0.15, 0.2) is 0 Å². The van der Waals surface area contributed by atoms with Crippen LogP contribution in [-0.2, 0) is 6.51 Å². The molecule has 0 aliphatic carbocycles. The molecule has 9 unspecified atom stereocenters. The van der Waals surface area contributed by atoms with E-state index in [0.717, 1.165) is 0 Å². The number of rotatable bonds is 9. The van der Waals surface area contributed by atoms with Gasteiger partial charge in [-0.2, -0.15) is 0 Å². The second-order valence-corrected chi connectivity index (χ2v) is 43.5. The molecule has 0 saturated carbocycles. The van der Waals surface area contributed by atoms with Crippen LogP contribution >= 0.6 is 7.92 Å². The molecule has 10 saturated heterocycles. The van der Waals surface area contributed by atoms with Crippen molar-refractivity contribution in [3.63, 3.8) is 0 Å². The Labute approximate surface area is 221 Å². The summed E-state index contributed by atoms with van der Waals surface area (Å²) in [4.78, 5) is 14.9. The summed E-state index contributed by atoms with van der Waals surface area (Å²) in [5.41, 5.74) is 0. The predicted molar refractivity (Wildman–Crippen MR) is 158 cm³/mol. The van der Waals surface area contributed by atoms with E-state index in [9.17, 15) is 0 Å². The molecule has 2 aromatic rings. The molecule has 10 aliphatic heterocycles. The number of benzene rings is 2. The molecular weight excluding hydrogens is 523 g/mol. The van der Waals surface area contributed by atoms with Gasteiger partial charge in [-0.3, -0.25) is 0 Å². The Hall–Kier alpha value is -0.691. The van der Waals surface area contributed by atoms with Crippen LogP contribution in [0.1, 0.15) is 55.4 Å². The van der Waals surface area contributed by atoms with Crippen molar-refractivity contribution in [3.05, 3.63) is 60.7 Å². The first kappa shape index (κ1) is 21.1. The molecule has 4 heteroatoms. The second-order valence-electron chi connectivity index (χ2n) is 17.9. The number of hydrogen-bond acceptors (Lipinski definition) is 2. The zero-order valence-electron chi connectivity index (χ0n) is 24.3. The molecule has 38 heavy (non-hydrogen) atoms. The zero-order valence-corrected chi connectivity index (χ0v) is 26.3. The predicted octanol–water partition coefficient (Wildman–Crippen LogP) is 7.47. The van der Waals surface area contributed by atoms with Gasteiger partial charge in [0, 0.05) is 0 Å². The minimum atomic E-state index is -4.19. The molecule has 0 N–H and O–H groups in total. The van der Waals surface area contributed by atoms with Crippen LogP contribution in [0.4, 0.5) is 0 Å². The van der Waals surface area contributed by atoms with E-state index in [1.54, 1.807) is 10.6 Å². The van der Waals surface area contributed by atoms with Crippen molar-refractivity contribution in [1.29, 1.82) is 0 Å². The third kappa shape index (κ3) is 0.470. The number of fused-ring (bicyclic) bond motifs is 10. The molecule has 10 fully saturated rings. The van der Waals surface area contributed by atoms with Gasteiger partial charge in [0.2, 0.25) is 0 Å². The molecule has 0 amide bonds. The van der Waals surface area contributed by atoms with Gasteiger partial charge >= 0.3 is 222 Å². The minimum absolute atomic E-state index is 0.362. The number of hydrogen-bond donors (Lipinski definition) is 0. The summed E-state index contributed by atoms with van der Waals surface area (Å²) in [7, 11) is -0.362. The summed E-state index contributed by atoms with van der Waals surface area (Å²) in [6.45, 7) is 16.3. The van der Waals surface area contributed by atoms with Crippen LogP contribution in [0.5, 0.6) is 0 Å². The van der Waals surface area contributed by atoms with E-state index in [0.29, 0.717) is 37.1 Å². The van der Waals surface area contributed by atoms with Gasteiger partial charge in [-0.25, -0.2) is 0 Å². The Bertz CT molecular complexity index is 1850. The Morgan fingerprint density at radius 3 is 1.39 bits per heavy atom. The summed E-state index contributed by atoms with van der Waals surface area (Å²) < 4.78 is 1.96. The molecule has 0 aromatic heterocycles. The molecule has 0 radical (unpaired) electrons. The van der Waals surface area contributed by atoms with Crippen molar-refractivity contribution in [2.45, 2.75) is 126 Å². The van der Waals surface area contributed by atoms with Gasteiger partial charge in [0.25, 0.3) is 0 Å². The van der Waals surface area contributed by atoms with Crippen LogP contribution in [0, 0.1) is 0 Å². The van der Waals surface area contributed by atoms with Gasteiger partial charge in [-0.15, -0.1) is 0 Å². The molecule has 10 aliphatic rings. The molecule has 1 spiro atoms. The van der Waals surface area contributed by atoms with Crippen LogP contribution in [0.15, 0.2) is 60.7 Å². The average molecular weight is 569 g/mol. The molecule has 204 valence electrons. The van der Waals surface area contributed by atoms with Gasteiger partial charge in [-0.1, -0.05) is 0 Å². The third-order valence-corrected chi connectivity index (χ3v) is 69.8. The van der Waals surface area contributed by atoms with Crippen molar-refractivity contribution in [1.82, 2.24) is 9.80 Å². The van der Waals surface area contributed by atoms with E-state index >= 15 is 0 Å². The fourth-order valence-electron chi connectivity index (χ4n) is 23.0. The molecular formula is C34H45FeN2P. The van der Waals surface area contributed by atoms with E-state index in [1.807, 2.05) is 0 Å². The Kier molecular flexibility index (Phi) is 1.73. The Balaban J connectivity index is 1.26. The average Bonchev–Trinajstić information content (AvgIpc) is 3.82. The van der Waals surface area contributed by atoms with Crippen molar-refractivity contribution in [3.8, 4) is 0 Å². The Morgan fingerprint density at radius 1 is 0.579 bits per heavy atom. The van der Waals surface area contributed by atoms with E-state index in [4.69, 9.17) is 0 Å². The van der Waals surface area contributed by atoms with Gasteiger partial charge in [0.1, 0.15) is 0 Å². The molecule has 0 bridgehead atoms. The summed E-state index contributed by atoms with van der Waals surface area (Å²) in [6.07, 6.45) is 0. The first-order valence-electron chi connectivity index (χ1n) is 15.6. The monoisotopic (exact) mass is 568 g/mol. The summed E-state index contributed by atoms with van der Waals surface area (Å²) in [6, 6.07) is 26.8. The van der Waals surface area contributed by atoms with Crippen molar-refractivity contribution < 1.29 is 6.51 Å². The van der Waals surface area contributed by atoms with E-state index in [2.05, 4.69) is 126 Å². The van der Waals surface area contributed by atoms with Crippen LogP contribution < -0.4 is 10.6 Å². The molecule has 2 aromatic carbocycles. The van der Waals surface area contributed by atoms with E-state index in [-0.39, 0.29) is 7.92 Å². The van der Waals surface area contributed by atoms with Crippen molar-refractivity contribution in [2.24, 2.45) is 0 Å². The SMILES string of the molecule is CC(C)N(C(C)C)[C]12[CH]3[CH]4[CH]5[CH]1[Fe]45321678[CH]2[CH]1[C]6(N(C(C)C)C(C)C)[C]7(P(c1ccccc1)c1ccccc1)[CH]28. The maximum atomic E-state index is 3.29. The number of nitrogens with zero attached hydrogens (tertiary/aromatic N) is 2. The summed E-state index contributed by atoms with van der Waals surface area (Å²) >= 11 is 0. The summed E-state index contributed by atoms with van der Waals surface area (Å²) in [5, 5.41) is 3.42. The molecule has 10 heterocycles. The normalized spacial score (nSPS) is 64.8. The standard InChI is InChI=1S/C23H27NP.C11H18N.Fe/c1-18(2)24(19(3)4)22-16-11-17-23(22)25(20-12-7-5-8-13-20)21-14-9-6-10-15-21;1-9(2)12(10(3)4)11-7-5-6-8-11;/h5-19H,1-4H3;5-10H,1-4H3;. The molecule has 2 nitrogen and oxygen atoms in total. The van der Waals surface area contributed by atoms with E-state index < -0.39 is 6.51 Å². The van der Waals surface area contributed by atoms with Gasteiger partial charge in [-0.05, 0) is 0 Å². The molecule has 12 rings (SSSR count). The van der Waals surface area contributed by atoms with Crippen LogP contribution in [-0.4, -0.2) is 46.9 Å². The summed E-state index contributed by atoms with van der Waals surface area (Å²) in [5.74, 6) is 0. The maximum absolute atomic E-state index is 4.19. The quantitative estimate of drug-likeness (QED) is 0.229. The topological polar surface area (TPSA) is 6.48 Å². The molecule has 9 atom stereocenters. The first-order valence-corrected chi connectivity index (χ1v) is 23.1. The van der Waals surface area contributed by atoms with Gasteiger partial charge < -0.3 is 0 Å². The third-order valence-electron chi connectivity index (χ3n) is 20.1. The van der Waals surface area contributed by atoms with Crippen LogP contribution in [0.2, 0.25) is 33.7 Å². The van der Waals surface area contributed by atoms with Crippen LogP contribution in [0.25, 0.3) is 0 Å². The van der Waals surface area contributed by atoms with Crippen molar-refractivity contribution >= 4 is 18.5 Å². The van der Waals surface area contributed by atoms with E-state index in [1.165, 1.54) is 33.7 Å². The van der Waals surface area contributed by atoms with Gasteiger partial charge in [0.05, 0.1) is 0 Å². The van der Waals surface area contributed by atoms with Crippen molar-refractivity contribution in [2.75, 3.05) is 0 Å². The first-order chi connectivity index (χ1) is 17.9. The van der Waals surface area contributed by atoms with Crippen LogP contribution in [0.3, 0.4) is 0 Å². The fourth-order valence-corrected chi connectivity index (χ4v) is 115.